The molecule has 0 N–H and O–H groups in total. The quantitative estimate of drug-likeness (QED) is 0.785. The Bertz CT molecular complexity index is 786. The first kappa shape index (κ1) is 16.6. The zero-order chi connectivity index (χ0) is 17.7. The number of aryl methyl sites for hydroxylation is 1. The number of carbonyl (C=O) groups excluding carboxylic acids is 1. The number of rotatable bonds is 1. The SMILES string of the molecule is Cn1nnc2cc(C(=O)N3CC(C(F)(F)F)OC(C)(C)C3)cnc21. The normalized spacial score (nSPS) is 21.2. The van der Waals surface area contributed by atoms with Crippen LogP contribution < -0.4 is 0 Å². The highest BCUT2D eigenvalue weighted by Crippen LogP contribution is 2.32. The second-order valence-corrected chi connectivity index (χ2v) is 6.37. The molecule has 1 aliphatic rings. The lowest BCUT2D eigenvalue weighted by Crippen LogP contribution is -2.58. The molecule has 0 saturated carbocycles. The Kier molecular flexibility index (Phi) is 3.74. The standard InChI is InChI=1S/C14H16F3N5O2/c1-13(2)7-22(6-10(24-13)14(15,16)17)12(23)8-4-9-11(18-5-8)21(3)20-19-9/h4-5,10H,6-7H2,1-3H3. The number of carbonyl (C=O) groups is 1. The Hall–Kier alpha value is -2.23. The van der Waals surface area contributed by atoms with Crippen molar-refractivity contribution in [3.63, 3.8) is 0 Å². The van der Waals surface area contributed by atoms with Crippen molar-refractivity contribution in [3.05, 3.63) is 17.8 Å². The van der Waals surface area contributed by atoms with Gasteiger partial charge in [-0.3, -0.25) is 4.79 Å². The Morgan fingerprint density at radius 2 is 2.12 bits per heavy atom. The van der Waals surface area contributed by atoms with Crippen molar-refractivity contribution in [3.8, 4) is 0 Å². The molecule has 3 heterocycles. The molecular formula is C14H16F3N5O2. The molecule has 7 nitrogen and oxygen atoms in total. The third-order valence-corrected chi connectivity index (χ3v) is 3.76. The van der Waals surface area contributed by atoms with E-state index < -0.39 is 30.3 Å². The van der Waals surface area contributed by atoms with Gasteiger partial charge in [0.2, 0.25) is 0 Å². The number of pyridine rings is 1. The third kappa shape index (κ3) is 3.05. The molecule has 0 aliphatic carbocycles. The van der Waals surface area contributed by atoms with Crippen LogP contribution in [0.1, 0.15) is 24.2 Å². The van der Waals surface area contributed by atoms with Gasteiger partial charge in [-0.25, -0.2) is 9.67 Å². The largest absolute Gasteiger partial charge is 0.416 e. The van der Waals surface area contributed by atoms with Crippen molar-refractivity contribution >= 4 is 17.1 Å². The molecule has 1 unspecified atom stereocenters. The number of hydrogen-bond acceptors (Lipinski definition) is 5. The van der Waals surface area contributed by atoms with Crippen LogP contribution in [0.2, 0.25) is 0 Å². The predicted molar refractivity (Wildman–Crippen MR) is 77.2 cm³/mol. The van der Waals surface area contributed by atoms with Crippen LogP contribution in [0.15, 0.2) is 12.3 Å². The Morgan fingerprint density at radius 1 is 1.42 bits per heavy atom. The smallest absolute Gasteiger partial charge is 0.359 e. The molecule has 1 aliphatic heterocycles. The van der Waals surface area contributed by atoms with Crippen molar-refractivity contribution in [1.82, 2.24) is 24.9 Å². The van der Waals surface area contributed by atoms with Gasteiger partial charge in [-0.05, 0) is 19.9 Å². The lowest BCUT2D eigenvalue weighted by molar-refractivity contribution is -0.267. The van der Waals surface area contributed by atoms with Gasteiger partial charge in [0, 0.05) is 19.8 Å². The summed E-state index contributed by atoms with van der Waals surface area (Å²) in [5, 5.41) is 7.65. The fourth-order valence-corrected chi connectivity index (χ4v) is 2.74. The van der Waals surface area contributed by atoms with E-state index in [1.54, 1.807) is 7.05 Å². The van der Waals surface area contributed by atoms with Crippen LogP contribution in [0.4, 0.5) is 13.2 Å². The van der Waals surface area contributed by atoms with Crippen LogP contribution in [0.5, 0.6) is 0 Å². The zero-order valence-corrected chi connectivity index (χ0v) is 13.3. The highest BCUT2D eigenvalue weighted by atomic mass is 19.4. The highest BCUT2D eigenvalue weighted by molar-refractivity contribution is 5.96. The Balaban J connectivity index is 1.89. The van der Waals surface area contributed by atoms with Crippen LogP contribution in [0.3, 0.4) is 0 Å². The lowest BCUT2D eigenvalue weighted by Gasteiger charge is -2.43. The Morgan fingerprint density at radius 3 is 2.79 bits per heavy atom. The summed E-state index contributed by atoms with van der Waals surface area (Å²) in [7, 11) is 1.66. The molecule has 0 spiro atoms. The first-order valence-electron chi connectivity index (χ1n) is 7.26. The van der Waals surface area contributed by atoms with E-state index in [-0.39, 0.29) is 12.1 Å². The van der Waals surface area contributed by atoms with E-state index in [1.165, 1.54) is 30.8 Å². The maximum absolute atomic E-state index is 13.0. The number of aromatic nitrogens is 4. The first-order valence-corrected chi connectivity index (χ1v) is 7.26. The average molecular weight is 343 g/mol. The summed E-state index contributed by atoms with van der Waals surface area (Å²) in [4.78, 5) is 17.9. The molecule has 3 rings (SSSR count). The van der Waals surface area contributed by atoms with E-state index in [2.05, 4.69) is 15.3 Å². The van der Waals surface area contributed by atoms with E-state index >= 15 is 0 Å². The van der Waals surface area contributed by atoms with E-state index in [0.29, 0.717) is 11.2 Å². The minimum Gasteiger partial charge on any atom is -0.359 e. The van der Waals surface area contributed by atoms with E-state index in [1.807, 2.05) is 0 Å². The molecule has 0 aromatic carbocycles. The summed E-state index contributed by atoms with van der Waals surface area (Å²) in [5.41, 5.74) is -0.0371. The molecule has 1 atom stereocenters. The second kappa shape index (κ2) is 5.40. The minimum atomic E-state index is -4.54. The zero-order valence-electron chi connectivity index (χ0n) is 13.3. The molecule has 0 bridgehead atoms. The van der Waals surface area contributed by atoms with Crippen molar-refractivity contribution in [1.29, 1.82) is 0 Å². The van der Waals surface area contributed by atoms with Crippen molar-refractivity contribution in [2.45, 2.75) is 31.7 Å². The van der Waals surface area contributed by atoms with Crippen molar-refractivity contribution in [2.75, 3.05) is 13.1 Å². The lowest BCUT2D eigenvalue weighted by atomic mass is 10.0. The number of amides is 1. The van der Waals surface area contributed by atoms with Crippen LogP contribution >= 0.6 is 0 Å². The van der Waals surface area contributed by atoms with Gasteiger partial charge in [0.15, 0.2) is 11.8 Å². The molecule has 0 radical (unpaired) electrons. The molecule has 130 valence electrons. The predicted octanol–water partition coefficient (Wildman–Crippen LogP) is 1.55. The second-order valence-electron chi connectivity index (χ2n) is 6.37. The monoisotopic (exact) mass is 343 g/mol. The van der Waals surface area contributed by atoms with Gasteiger partial charge in [-0.1, -0.05) is 5.21 Å². The molecule has 1 fully saturated rings. The van der Waals surface area contributed by atoms with E-state index in [0.717, 1.165) is 4.90 Å². The van der Waals surface area contributed by atoms with Gasteiger partial charge >= 0.3 is 6.18 Å². The van der Waals surface area contributed by atoms with Crippen molar-refractivity contribution in [2.24, 2.45) is 7.05 Å². The molecule has 1 saturated heterocycles. The van der Waals surface area contributed by atoms with Crippen molar-refractivity contribution < 1.29 is 22.7 Å². The molecular weight excluding hydrogens is 327 g/mol. The first-order chi connectivity index (χ1) is 11.1. The van der Waals surface area contributed by atoms with Gasteiger partial charge in [0.05, 0.1) is 17.7 Å². The summed E-state index contributed by atoms with van der Waals surface area (Å²) in [6.07, 6.45) is -5.24. The summed E-state index contributed by atoms with van der Waals surface area (Å²) >= 11 is 0. The van der Waals surface area contributed by atoms with Gasteiger partial charge in [-0.2, -0.15) is 13.2 Å². The van der Waals surface area contributed by atoms with Crippen LogP contribution in [0, 0.1) is 0 Å². The number of hydrogen-bond donors (Lipinski definition) is 0. The molecule has 2 aromatic heterocycles. The van der Waals surface area contributed by atoms with Gasteiger partial charge in [-0.15, -0.1) is 5.10 Å². The fraction of sp³-hybridized carbons (Fsp3) is 0.571. The van der Waals surface area contributed by atoms with Gasteiger partial charge in [0.25, 0.3) is 5.91 Å². The molecule has 10 heteroatoms. The van der Waals surface area contributed by atoms with Crippen LogP contribution in [0.25, 0.3) is 11.2 Å². The molecule has 24 heavy (non-hydrogen) atoms. The number of fused-ring (bicyclic) bond motifs is 1. The number of ether oxygens (including phenoxy) is 1. The molecule has 1 amide bonds. The molecule has 2 aromatic rings. The number of nitrogens with zero attached hydrogens (tertiary/aromatic N) is 5. The topological polar surface area (TPSA) is 73.1 Å². The summed E-state index contributed by atoms with van der Waals surface area (Å²) in [6, 6.07) is 1.47. The third-order valence-electron chi connectivity index (χ3n) is 3.76. The summed E-state index contributed by atoms with van der Waals surface area (Å²) in [5.74, 6) is -0.541. The van der Waals surface area contributed by atoms with E-state index in [4.69, 9.17) is 4.74 Å². The fourth-order valence-electron chi connectivity index (χ4n) is 2.74. The summed E-state index contributed by atoms with van der Waals surface area (Å²) < 4.78 is 45.6. The number of halogens is 3. The minimum absolute atomic E-state index is 0.0525. The highest BCUT2D eigenvalue weighted by Gasteiger charge is 2.49. The summed E-state index contributed by atoms with van der Waals surface area (Å²) in [6.45, 7) is 2.55. The van der Waals surface area contributed by atoms with E-state index in [9.17, 15) is 18.0 Å². The van der Waals surface area contributed by atoms with Gasteiger partial charge in [0.1, 0.15) is 5.52 Å². The Labute approximate surface area is 135 Å². The average Bonchev–Trinajstić information content (AvgIpc) is 2.85. The van der Waals surface area contributed by atoms with Crippen LogP contribution in [-0.4, -0.2) is 61.8 Å². The number of alkyl halides is 3. The van der Waals surface area contributed by atoms with Crippen LogP contribution in [-0.2, 0) is 11.8 Å². The maximum Gasteiger partial charge on any atom is 0.416 e. The van der Waals surface area contributed by atoms with Gasteiger partial charge < -0.3 is 9.64 Å². The maximum atomic E-state index is 13.0. The number of morpholine rings is 1.